The van der Waals surface area contributed by atoms with E-state index in [0.717, 1.165) is 10.8 Å². The zero-order valence-corrected chi connectivity index (χ0v) is 22.5. The molecular formula is C9H10ILi4N2O14P3. The average Bonchev–Trinajstić information content (AvgIpc) is 2.86. The molecule has 2 unspecified atom stereocenters. The second-order valence-electron chi connectivity index (χ2n) is 5.38. The number of halogens is 1. The number of aliphatic hydroxyl groups is 1. The summed E-state index contributed by atoms with van der Waals surface area (Å²) in [6, 6.07) is 0. The van der Waals surface area contributed by atoms with Gasteiger partial charge in [-0.15, -0.1) is 0 Å². The number of nitrogens with one attached hydrogen (secondary N) is 1. The number of nitrogens with zero attached hydrogens (tertiary/aromatic N) is 1. The van der Waals surface area contributed by atoms with Crippen LogP contribution in [0.1, 0.15) is 12.6 Å². The van der Waals surface area contributed by atoms with Gasteiger partial charge in [-0.3, -0.25) is 27.8 Å². The Labute approximate surface area is 247 Å². The molecule has 2 rings (SSSR count). The first-order valence-electron chi connectivity index (χ1n) is 7.14. The van der Waals surface area contributed by atoms with Crippen molar-refractivity contribution in [3.63, 3.8) is 0 Å². The molecule has 0 amide bonds. The molecule has 0 radical (unpaired) electrons. The van der Waals surface area contributed by atoms with Gasteiger partial charge in [0.05, 0.1) is 24.1 Å². The van der Waals surface area contributed by atoms with Gasteiger partial charge in [0.15, 0.2) is 0 Å². The number of phosphoric acid groups is 3. The molecule has 0 saturated carbocycles. The quantitative estimate of drug-likeness (QED) is 0.156. The van der Waals surface area contributed by atoms with E-state index in [9.17, 15) is 48.0 Å². The number of aromatic amines is 1. The summed E-state index contributed by atoms with van der Waals surface area (Å²) < 4.78 is 49.7. The van der Waals surface area contributed by atoms with Gasteiger partial charge < -0.3 is 38.5 Å². The van der Waals surface area contributed by atoms with E-state index in [1.807, 2.05) is 4.98 Å². The van der Waals surface area contributed by atoms with Gasteiger partial charge >= 0.3 is 81.1 Å². The molecule has 0 bridgehead atoms. The van der Waals surface area contributed by atoms with Crippen molar-refractivity contribution in [2.75, 3.05) is 6.61 Å². The van der Waals surface area contributed by atoms with E-state index < -0.39 is 59.8 Å². The Bertz CT molecular complexity index is 1030. The number of hydrogen-bond acceptors (Lipinski definition) is 14. The van der Waals surface area contributed by atoms with Gasteiger partial charge in [-0.25, -0.2) is 9.11 Å². The molecule has 5 atom stereocenters. The van der Waals surface area contributed by atoms with Crippen molar-refractivity contribution in [1.29, 1.82) is 0 Å². The maximum atomic E-state index is 11.8. The van der Waals surface area contributed by atoms with Crippen LogP contribution in [-0.2, 0) is 31.6 Å². The topological polar surface area (TPSA) is 255 Å². The predicted octanol–water partition coefficient (Wildman–Crippen LogP) is -15.4. The summed E-state index contributed by atoms with van der Waals surface area (Å²) in [5, 5.41) is 9.93. The Balaban J connectivity index is -0.00000225. The summed E-state index contributed by atoms with van der Waals surface area (Å²) in [5.74, 6) is 0. The monoisotopic (exact) mass is 618 g/mol. The first kappa shape index (κ1) is 39.6. The van der Waals surface area contributed by atoms with E-state index in [0.29, 0.717) is 0 Å². The molecule has 1 aliphatic rings. The Hall–Kier alpha value is 2.13. The zero-order chi connectivity index (χ0) is 22.2. The van der Waals surface area contributed by atoms with E-state index in [4.69, 9.17) is 4.74 Å². The predicted molar refractivity (Wildman–Crippen MR) is 89.5 cm³/mol. The summed E-state index contributed by atoms with van der Waals surface area (Å²) in [7, 11) is -18.0. The summed E-state index contributed by atoms with van der Waals surface area (Å²) >= 11 is 1.64. The van der Waals surface area contributed by atoms with Gasteiger partial charge in [-0.1, -0.05) is 0 Å². The molecule has 33 heavy (non-hydrogen) atoms. The van der Waals surface area contributed by atoms with E-state index in [2.05, 4.69) is 13.1 Å². The molecule has 2 heterocycles. The number of phosphoric ester groups is 1. The second kappa shape index (κ2) is 15.5. The third-order valence-electron chi connectivity index (χ3n) is 3.24. The van der Waals surface area contributed by atoms with Gasteiger partial charge in [0.2, 0.25) is 0 Å². The molecule has 1 fully saturated rings. The third kappa shape index (κ3) is 13.0. The second-order valence-corrected chi connectivity index (χ2v) is 10.8. The fourth-order valence-electron chi connectivity index (χ4n) is 2.16. The van der Waals surface area contributed by atoms with Crippen LogP contribution in [0, 0.1) is 3.57 Å². The molecule has 16 nitrogen and oxygen atoms in total. The molecule has 24 heteroatoms. The van der Waals surface area contributed by atoms with E-state index in [1.54, 1.807) is 22.6 Å². The van der Waals surface area contributed by atoms with Crippen LogP contribution in [0.25, 0.3) is 0 Å². The largest absolute Gasteiger partial charge is 1.00 e. The van der Waals surface area contributed by atoms with Crippen molar-refractivity contribution in [1.82, 2.24) is 9.55 Å². The maximum Gasteiger partial charge on any atom is 1.00 e. The Morgan fingerprint density at radius 2 is 1.64 bits per heavy atom. The standard InChI is InChI=1S/C9H14IN2O14P3.4Li/c10-4-2-12(9(15)11-8(4)14)7-1-5(13)6(24-7)3-23-28(19,20)26-29(21,22)25-27(16,17)18;;;;/h2,5-7,13H,1,3H2,(H,19,20)(H,21,22)(H,11,14,15)(H2,16,17,18);;;;/q;4*+1/p-4/t5-,6+,7+;;;;/m0..../s1. The molecule has 1 saturated heterocycles. The van der Waals surface area contributed by atoms with E-state index in [-0.39, 0.29) is 85.4 Å². The summed E-state index contributed by atoms with van der Waals surface area (Å²) in [6.07, 6.45) is -2.98. The summed E-state index contributed by atoms with van der Waals surface area (Å²) in [6.45, 7) is -1.000. The molecular weight excluding hydrogens is 608 g/mol. The van der Waals surface area contributed by atoms with Crippen LogP contribution >= 0.6 is 46.1 Å². The van der Waals surface area contributed by atoms with Crippen LogP contribution in [-0.4, -0.2) is 33.5 Å². The first-order valence-corrected chi connectivity index (χ1v) is 12.6. The Morgan fingerprint density at radius 3 is 2.15 bits per heavy atom. The molecule has 0 spiro atoms. The van der Waals surface area contributed by atoms with Gasteiger partial charge in [-0.05, 0) is 22.6 Å². The van der Waals surface area contributed by atoms with Gasteiger partial charge in [0.25, 0.3) is 21.2 Å². The van der Waals surface area contributed by atoms with Gasteiger partial charge in [0.1, 0.15) is 12.3 Å². The summed E-state index contributed by atoms with van der Waals surface area (Å²) in [5.41, 5.74) is -1.52. The molecule has 2 N–H and O–H groups in total. The van der Waals surface area contributed by atoms with Crippen LogP contribution in [0.3, 0.4) is 0 Å². The average molecular weight is 618 g/mol. The fraction of sp³-hybridized carbons (Fsp3) is 0.556. The van der Waals surface area contributed by atoms with Gasteiger partial charge in [0, 0.05) is 12.6 Å². The number of ether oxygens (including phenoxy) is 1. The van der Waals surface area contributed by atoms with Crippen molar-refractivity contribution in [3.05, 3.63) is 30.6 Å². The third-order valence-corrected chi connectivity index (χ3v) is 7.67. The van der Waals surface area contributed by atoms with Crippen molar-refractivity contribution >= 4 is 46.1 Å². The molecule has 166 valence electrons. The molecule has 0 aromatic carbocycles. The fourth-order valence-corrected chi connectivity index (χ4v) is 5.46. The minimum Gasteiger partial charge on any atom is -0.790 e. The minimum absolute atomic E-state index is 0. The minimum atomic E-state index is -6.12. The normalized spacial score (nSPS) is 23.5. The number of H-pyrrole nitrogens is 1. The molecule has 1 aliphatic heterocycles. The molecule has 0 aliphatic carbocycles. The van der Waals surface area contributed by atoms with E-state index in [1.165, 1.54) is 0 Å². The van der Waals surface area contributed by atoms with Crippen LogP contribution in [0.4, 0.5) is 0 Å². The van der Waals surface area contributed by atoms with Crippen LogP contribution in [0.2, 0.25) is 0 Å². The summed E-state index contributed by atoms with van der Waals surface area (Å²) in [4.78, 5) is 68.2. The molecule has 1 aromatic heterocycles. The van der Waals surface area contributed by atoms with Crippen LogP contribution in [0.5, 0.6) is 0 Å². The smallest absolute Gasteiger partial charge is 0.790 e. The van der Waals surface area contributed by atoms with Crippen molar-refractivity contribution < 1.29 is 132 Å². The Kier molecular flexibility index (Phi) is 18.6. The van der Waals surface area contributed by atoms with Gasteiger partial charge in [-0.2, -0.15) is 0 Å². The van der Waals surface area contributed by atoms with Crippen LogP contribution < -0.4 is 106 Å². The number of hydrogen-bond donors (Lipinski definition) is 2. The molecule has 1 aromatic rings. The number of aliphatic hydroxyl groups excluding tert-OH is 1. The first-order chi connectivity index (χ1) is 13.1. The van der Waals surface area contributed by atoms with Crippen molar-refractivity contribution in [2.45, 2.75) is 24.9 Å². The maximum absolute atomic E-state index is 11.8. The van der Waals surface area contributed by atoms with Crippen molar-refractivity contribution in [2.24, 2.45) is 0 Å². The zero-order valence-electron chi connectivity index (χ0n) is 17.6. The number of rotatable bonds is 8. The van der Waals surface area contributed by atoms with Crippen LogP contribution in [0.15, 0.2) is 15.8 Å². The number of aromatic nitrogens is 2. The van der Waals surface area contributed by atoms with E-state index >= 15 is 0 Å². The Morgan fingerprint density at radius 1 is 1.09 bits per heavy atom. The SMILES string of the molecule is O=c1[nH]c(=O)n([C@H]2C[C@H](O)[C@@H](COP(=O)([O-])OP(=O)([O-])OP(=O)([O-])[O-])O2)cc1I.[Li+].[Li+].[Li+].[Li+]. The van der Waals surface area contributed by atoms with Crippen molar-refractivity contribution in [3.8, 4) is 0 Å².